The van der Waals surface area contributed by atoms with E-state index in [-0.39, 0.29) is 18.3 Å². The van der Waals surface area contributed by atoms with Crippen molar-refractivity contribution in [1.82, 2.24) is 4.98 Å². The average Bonchev–Trinajstić information content (AvgIpc) is 2.84. The Balaban J connectivity index is 1.56. The molecule has 2 atom stereocenters. The fraction of sp³-hybridized carbons (Fsp3) is 0.323. The minimum absolute atomic E-state index is 0.0537. The Kier molecular flexibility index (Phi) is 6.48. The smallest absolute Gasteiger partial charge is 0.138 e. The van der Waals surface area contributed by atoms with Crippen LogP contribution in [0.2, 0.25) is 0 Å². The molecule has 0 radical (unpaired) electrons. The summed E-state index contributed by atoms with van der Waals surface area (Å²) in [6.45, 7) is 12.3. The summed E-state index contributed by atoms with van der Waals surface area (Å²) >= 11 is 0. The highest BCUT2D eigenvalue weighted by molar-refractivity contribution is 6.00. The molecular formula is C31H34N2O2. The van der Waals surface area contributed by atoms with Crippen molar-refractivity contribution in [2.45, 2.75) is 52.9 Å². The van der Waals surface area contributed by atoms with Crippen LogP contribution in [0.4, 0.5) is 5.69 Å². The Morgan fingerprint density at radius 1 is 0.857 bits per heavy atom. The first-order chi connectivity index (χ1) is 16.9. The van der Waals surface area contributed by atoms with Crippen LogP contribution in [-0.4, -0.2) is 36.4 Å². The average molecular weight is 467 g/mol. The summed E-state index contributed by atoms with van der Waals surface area (Å²) in [4.78, 5) is 7.35. The Bertz CT molecular complexity index is 1300. The van der Waals surface area contributed by atoms with E-state index in [9.17, 15) is 0 Å². The second-order valence-corrected chi connectivity index (χ2v) is 9.94. The summed E-state index contributed by atoms with van der Waals surface area (Å²) in [5, 5.41) is 1.04. The van der Waals surface area contributed by atoms with Crippen LogP contribution in [-0.2, 0) is 4.74 Å². The van der Waals surface area contributed by atoms with Gasteiger partial charge in [-0.15, -0.1) is 0 Å². The lowest BCUT2D eigenvalue weighted by atomic mass is 9.98. The van der Waals surface area contributed by atoms with Gasteiger partial charge in [-0.05, 0) is 63.9 Å². The fourth-order valence-corrected chi connectivity index (χ4v) is 4.97. The highest BCUT2D eigenvalue weighted by atomic mass is 16.5. The normalized spacial score (nSPS) is 18.3. The van der Waals surface area contributed by atoms with Gasteiger partial charge in [0.25, 0.3) is 0 Å². The van der Waals surface area contributed by atoms with Crippen molar-refractivity contribution >= 4 is 16.6 Å². The summed E-state index contributed by atoms with van der Waals surface area (Å²) in [6.07, 6.45) is 2.48. The number of hydrogen-bond donors (Lipinski definition) is 0. The zero-order valence-electron chi connectivity index (χ0n) is 21.3. The molecule has 0 N–H and O–H groups in total. The lowest BCUT2D eigenvalue weighted by Crippen LogP contribution is -2.45. The molecule has 2 heterocycles. The molecule has 0 saturated carbocycles. The van der Waals surface area contributed by atoms with Gasteiger partial charge >= 0.3 is 0 Å². The maximum atomic E-state index is 6.43. The van der Waals surface area contributed by atoms with E-state index in [4.69, 9.17) is 14.5 Å². The number of aromatic nitrogens is 1. The van der Waals surface area contributed by atoms with Crippen LogP contribution in [0.3, 0.4) is 0 Å². The van der Waals surface area contributed by atoms with Crippen molar-refractivity contribution in [3.63, 3.8) is 0 Å². The summed E-state index contributed by atoms with van der Waals surface area (Å²) in [5.41, 5.74) is 7.83. The van der Waals surface area contributed by atoms with Crippen molar-refractivity contribution in [2.24, 2.45) is 0 Å². The van der Waals surface area contributed by atoms with Gasteiger partial charge in [-0.2, -0.15) is 0 Å². The molecule has 1 aliphatic rings. The standard InChI is InChI=1S/C31H34N2O2/c1-20(2)34-31-28-8-6-7-27(24-11-9-21(3)10-12-24)30(28)32-17-29(31)25-13-15-26(16-14-25)33-18-22(4)35-23(5)19-33/h6-17,20,22-23H,18-19H2,1-5H3. The quantitative estimate of drug-likeness (QED) is 0.310. The van der Waals surface area contributed by atoms with E-state index in [0.717, 1.165) is 52.0 Å². The highest BCUT2D eigenvalue weighted by Gasteiger charge is 2.23. The number of benzene rings is 3. The van der Waals surface area contributed by atoms with Gasteiger partial charge in [-0.3, -0.25) is 4.98 Å². The van der Waals surface area contributed by atoms with Crippen molar-refractivity contribution in [1.29, 1.82) is 0 Å². The Morgan fingerprint density at radius 3 is 2.14 bits per heavy atom. The number of morpholine rings is 1. The summed E-state index contributed by atoms with van der Waals surface area (Å²) < 4.78 is 12.3. The van der Waals surface area contributed by atoms with E-state index in [2.05, 4.69) is 106 Å². The zero-order valence-corrected chi connectivity index (χ0v) is 21.3. The van der Waals surface area contributed by atoms with Gasteiger partial charge in [0, 0.05) is 41.5 Å². The number of fused-ring (bicyclic) bond motifs is 1. The number of aryl methyl sites for hydroxylation is 1. The largest absolute Gasteiger partial charge is 0.490 e. The molecule has 35 heavy (non-hydrogen) atoms. The lowest BCUT2D eigenvalue weighted by Gasteiger charge is -2.36. The molecule has 2 unspecified atom stereocenters. The first kappa shape index (κ1) is 23.4. The molecule has 180 valence electrons. The number of ether oxygens (including phenoxy) is 2. The van der Waals surface area contributed by atoms with Crippen molar-refractivity contribution in [3.05, 3.63) is 78.5 Å². The highest BCUT2D eigenvalue weighted by Crippen LogP contribution is 2.40. The van der Waals surface area contributed by atoms with Crippen molar-refractivity contribution in [3.8, 4) is 28.0 Å². The second-order valence-electron chi connectivity index (χ2n) is 9.94. The molecule has 1 aromatic heterocycles. The van der Waals surface area contributed by atoms with Gasteiger partial charge in [0.1, 0.15) is 5.75 Å². The van der Waals surface area contributed by atoms with Gasteiger partial charge in [0.05, 0.1) is 23.8 Å². The third-order valence-electron chi connectivity index (χ3n) is 6.53. The number of pyridine rings is 1. The lowest BCUT2D eigenvalue weighted by molar-refractivity contribution is -0.00521. The number of nitrogens with zero attached hydrogens (tertiary/aromatic N) is 2. The molecule has 1 saturated heterocycles. The van der Waals surface area contributed by atoms with Crippen molar-refractivity contribution in [2.75, 3.05) is 18.0 Å². The van der Waals surface area contributed by atoms with Gasteiger partial charge in [-0.1, -0.05) is 54.1 Å². The molecule has 4 heteroatoms. The first-order valence-electron chi connectivity index (χ1n) is 12.6. The van der Waals surface area contributed by atoms with Crippen molar-refractivity contribution < 1.29 is 9.47 Å². The molecule has 3 aromatic carbocycles. The van der Waals surface area contributed by atoms with E-state index in [1.54, 1.807) is 0 Å². The van der Waals surface area contributed by atoms with E-state index >= 15 is 0 Å². The predicted octanol–water partition coefficient (Wildman–Crippen LogP) is 7.28. The van der Waals surface area contributed by atoms with E-state index in [0.29, 0.717) is 0 Å². The van der Waals surface area contributed by atoms with Gasteiger partial charge < -0.3 is 14.4 Å². The molecule has 0 spiro atoms. The first-order valence-corrected chi connectivity index (χ1v) is 12.6. The number of hydrogen-bond acceptors (Lipinski definition) is 4. The molecule has 5 rings (SSSR count). The Morgan fingerprint density at radius 2 is 1.49 bits per heavy atom. The van der Waals surface area contributed by atoms with Crippen LogP contribution in [0.5, 0.6) is 5.75 Å². The Hall–Kier alpha value is -3.37. The summed E-state index contributed by atoms with van der Waals surface area (Å²) in [5.74, 6) is 0.889. The van der Waals surface area contributed by atoms with Crippen LogP contribution in [0, 0.1) is 6.92 Å². The maximum absolute atomic E-state index is 6.43. The van der Waals surface area contributed by atoms with E-state index in [1.807, 2.05) is 6.20 Å². The summed E-state index contributed by atoms with van der Waals surface area (Å²) in [6, 6.07) is 23.7. The molecule has 1 aliphatic heterocycles. The van der Waals surface area contributed by atoms with Crippen LogP contribution in [0.15, 0.2) is 72.9 Å². The Labute approximate surface area is 208 Å². The second kappa shape index (κ2) is 9.71. The molecule has 1 fully saturated rings. The van der Waals surface area contributed by atoms with E-state index < -0.39 is 0 Å². The fourth-order valence-electron chi connectivity index (χ4n) is 4.97. The van der Waals surface area contributed by atoms with Crippen LogP contribution >= 0.6 is 0 Å². The number of rotatable bonds is 5. The topological polar surface area (TPSA) is 34.6 Å². The molecule has 4 nitrogen and oxygen atoms in total. The van der Waals surface area contributed by atoms with Crippen LogP contribution in [0.1, 0.15) is 33.3 Å². The molecular weight excluding hydrogens is 432 g/mol. The third kappa shape index (κ3) is 4.89. The SMILES string of the molecule is Cc1ccc(-c2cccc3c(OC(C)C)c(-c4ccc(N5CC(C)OC(C)C5)cc4)cnc23)cc1. The molecule has 0 bridgehead atoms. The third-order valence-corrected chi connectivity index (χ3v) is 6.53. The van der Waals surface area contributed by atoms with Crippen LogP contribution in [0.25, 0.3) is 33.2 Å². The molecule has 0 aliphatic carbocycles. The van der Waals surface area contributed by atoms with Gasteiger partial charge in [0.2, 0.25) is 0 Å². The number of anilines is 1. The van der Waals surface area contributed by atoms with Gasteiger partial charge in [0.15, 0.2) is 0 Å². The molecule has 0 amide bonds. The van der Waals surface area contributed by atoms with Gasteiger partial charge in [-0.25, -0.2) is 0 Å². The minimum atomic E-state index is 0.0537. The maximum Gasteiger partial charge on any atom is 0.138 e. The zero-order chi connectivity index (χ0) is 24.5. The summed E-state index contributed by atoms with van der Waals surface area (Å²) in [7, 11) is 0. The predicted molar refractivity (Wildman–Crippen MR) is 145 cm³/mol. The van der Waals surface area contributed by atoms with E-state index in [1.165, 1.54) is 11.3 Å². The number of para-hydroxylation sites is 1. The van der Waals surface area contributed by atoms with Crippen LogP contribution < -0.4 is 9.64 Å². The molecule has 4 aromatic rings. The minimum Gasteiger partial charge on any atom is -0.490 e. The monoisotopic (exact) mass is 466 g/mol.